The third-order valence-electron chi connectivity index (χ3n) is 3.68. The fraction of sp³-hybridized carbons (Fsp3) is 0.429. The number of fused-ring (bicyclic) bond motifs is 1. The topological polar surface area (TPSA) is 87.9 Å². The number of piperazine rings is 1. The van der Waals surface area contributed by atoms with Crippen molar-refractivity contribution in [3.05, 3.63) is 18.2 Å². The normalized spacial score (nSPS) is 18.2. The Morgan fingerprint density at radius 3 is 2.81 bits per heavy atom. The third-order valence-corrected chi connectivity index (χ3v) is 3.68. The first-order chi connectivity index (χ1) is 10.1. The number of rotatable bonds is 3. The van der Waals surface area contributed by atoms with Crippen LogP contribution in [0, 0.1) is 0 Å². The van der Waals surface area contributed by atoms with Gasteiger partial charge in [-0.1, -0.05) is 0 Å². The third kappa shape index (κ3) is 2.78. The van der Waals surface area contributed by atoms with Crippen molar-refractivity contribution < 1.29 is 14.3 Å². The van der Waals surface area contributed by atoms with Gasteiger partial charge in [0.05, 0.1) is 5.69 Å². The summed E-state index contributed by atoms with van der Waals surface area (Å²) in [5, 5.41) is 3.30. The lowest BCUT2D eigenvalue weighted by atomic mass is 10.2. The average Bonchev–Trinajstić information content (AvgIpc) is 2.50. The highest BCUT2D eigenvalue weighted by atomic mass is 16.5. The van der Waals surface area contributed by atoms with Gasteiger partial charge >= 0.3 is 0 Å². The molecule has 1 fully saturated rings. The minimum atomic E-state index is -0.539. The lowest BCUT2D eigenvalue weighted by Gasteiger charge is -2.32. The predicted molar refractivity (Wildman–Crippen MR) is 78.6 cm³/mol. The summed E-state index contributed by atoms with van der Waals surface area (Å²) in [7, 11) is 0. The number of ether oxygens (including phenoxy) is 1. The molecule has 2 amide bonds. The molecule has 0 atom stereocenters. The molecule has 1 aromatic carbocycles. The van der Waals surface area contributed by atoms with Crippen LogP contribution in [0.2, 0.25) is 0 Å². The van der Waals surface area contributed by atoms with Gasteiger partial charge in [0.2, 0.25) is 5.91 Å². The second kappa shape index (κ2) is 5.61. The first-order valence-corrected chi connectivity index (χ1v) is 6.96. The molecule has 3 N–H and O–H groups in total. The highest BCUT2D eigenvalue weighted by Crippen LogP contribution is 2.35. The zero-order valence-corrected chi connectivity index (χ0v) is 11.7. The van der Waals surface area contributed by atoms with Crippen molar-refractivity contribution in [1.29, 1.82) is 0 Å². The monoisotopic (exact) mass is 290 g/mol. The van der Waals surface area contributed by atoms with Gasteiger partial charge in [-0.3, -0.25) is 14.5 Å². The van der Waals surface area contributed by atoms with Crippen molar-refractivity contribution in [2.24, 2.45) is 5.73 Å². The summed E-state index contributed by atoms with van der Waals surface area (Å²) >= 11 is 0. The minimum absolute atomic E-state index is 0.0642. The van der Waals surface area contributed by atoms with Crippen molar-refractivity contribution in [3.8, 4) is 5.75 Å². The van der Waals surface area contributed by atoms with E-state index in [0.717, 1.165) is 31.9 Å². The minimum Gasteiger partial charge on any atom is -0.481 e. The van der Waals surface area contributed by atoms with Crippen LogP contribution in [0.15, 0.2) is 18.2 Å². The summed E-state index contributed by atoms with van der Waals surface area (Å²) in [6.45, 7) is 3.58. The lowest BCUT2D eigenvalue weighted by Crippen LogP contribution is -2.44. The zero-order valence-electron chi connectivity index (χ0n) is 11.7. The highest BCUT2D eigenvalue weighted by Gasteiger charge is 2.27. The predicted octanol–water partition coefficient (Wildman–Crippen LogP) is -0.693. The Morgan fingerprint density at radius 1 is 1.33 bits per heavy atom. The summed E-state index contributed by atoms with van der Waals surface area (Å²) in [5.74, 6) is -0.175. The van der Waals surface area contributed by atoms with Crippen molar-refractivity contribution in [3.63, 3.8) is 0 Å². The molecule has 0 unspecified atom stereocenters. The van der Waals surface area contributed by atoms with Gasteiger partial charge < -0.3 is 20.7 Å². The number of benzene rings is 1. The molecule has 2 aliphatic heterocycles. The maximum atomic E-state index is 11.9. The molecule has 112 valence electrons. The Hall–Kier alpha value is -2.28. The van der Waals surface area contributed by atoms with Crippen LogP contribution in [0.5, 0.6) is 5.75 Å². The molecule has 3 rings (SSSR count). The Kier molecular flexibility index (Phi) is 3.66. The fourth-order valence-electron chi connectivity index (χ4n) is 2.64. The maximum absolute atomic E-state index is 11.9. The van der Waals surface area contributed by atoms with Gasteiger partial charge in [0, 0.05) is 37.9 Å². The molecule has 0 bridgehead atoms. The van der Waals surface area contributed by atoms with Gasteiger partial charge in [0.1, 0.15) is 12.3 Å². The average molecular weight is 290 g/mol. The van der Waals surface area contributed by atoms with Crippen LogP contribution in [-0.2, 0) is 9.59 Å². The number of nitrogens with one attached hydrogen (secondary N) is 1. The molecule has 0 spiro atoms. The number of amides is 2. The van der Waals surface area contributed by atoms with Crippen LogP contribution in [0.3, 0.4) is 0 Å². The second-order valence-corrected chi connectivity index (χ2v) is 5.12. The zero-order chi connectivity index (χ0) is 14.8. The summed E-state index contributed by atoms with van der Waals surface area (Å²) in [6.07, 6.45) is 0. The SMILES string of the molecule is NC(=O)CN1C(=O)COc2cc(N3CCNCC3)ccc21. The number of nitrogens with two attached hydrogens (primary N) is 1. The van der Waals surface area contributed by atoms with Crippen LogP contribution in [0.25, 0.3) is 0 Å². The molecular weight excluding hydrogens is 272 g/mol. The smallest absolute Gasteiger partial charge is 0.265 e. The van der Waals surface area contributed by atoms with E-state index in [-0.39, 0.29) is 19.1 Å². The van der Waals surface area contributed by atoms with Gasteiger partial charge in [-0.25, -0.2) is 0 Å². The van der Waals surface area contributed by atoms with Crippen LogP contribution in [0.1, 0.15) is 0 Å². The molecule has 7 heteroatoms. The molecule has 7 nitrogen and oxygen atoms in total. The van der Waals surface area contributed by atoms with Gasteiger partial charge in [-0.05, 0) is 12.1 Å². The number of anilines is 2. The summed E-state index contributed by atoms with van der Waals surface area (Å²) in [5.41, 5.74) is 6.86. The molecule has 2 heterocycles. The van der Waals surface area contributed by atoms with E-state index in [2.05, 4.69) is 10.2 Å². The Bertz CT molecular complexity index is 569. The molecule has 0 saturated carbocycles. The molecular formula is C14H18N4O3. The van der Waals surface area contributed by atoms with E-state index in [4.69, 9.17) is 10.5 Å². The van der Waals surface area contributed by atoms with Gasteiger partial charge in [0.15, 0.2) is 6.61 Å². The molecule has 0 aliphatic carbocycles. The Labute approximate surface area is 122 Å². The molecule has 1 aromatic rings. The fourth-order valence-corrected chi connectivity index (χ4v) is 2.64. The first kappa shape index (κ1) is 13.7. The molecule has 21 heavy (non-hydrogen) atoms. The summed E-state index contributed by atoms with van der Waals surface area (Å²) in [4.78, 5) is 26.6. The van der Waals surface area contributed by atoms with E-state index in [1.165, 1.54) is 4.90 Å². The first-order valence-electron chi connectivity index (χ1n) is 6.96. The number of hydrogen-bond acceptors (Lipinski definition) is 5. The maximum Gasteiger partial charge on any atom is 0.265 e. The quantitative estimate of drug-likeness (QED) is 0.769. The number of carbonyl (C=O) groups excluding carboxylic acids is 2. The molecule has 0 aromatic heterocycles. The Balaban J connectivity index is 1.88. The Morgan fingerprint density at radius 2 is 2.10 bits per heavy atom. The molecule has 2 aliphatic rings. The number of primary amides is 1. The van der Waals surface area contributed by atoms with Crippen molar-refractivity contribution in [2.75, 3.05) is 49.1 Å². The lowest BCUT2D eigenvalue weighted by molar-refractivity contribution is -0.124. The van der Waals surface area contributed by atoms with Gasteiger partial charge in [-0.15, -0.1) is 0 Å². The van der Waals surface area contributed by atoms with Crippen LogP contribution < -0.4 is 25.6 Å². The van der Waals surface area contributed by atoms with E-state index >= 15 is 0 Å². The van der Waals surface area contributed by atoms with Crippen molar-refractivity contribution >= 4 is 23.2 Å². The van der Waals surface area contributed by atoms with Crippen LogP contribution >= 0.6 is 0 Å². The van der Waals surface area contributed by atoms with Gasteiger partial charge in [-0.2, -0.15) is 0 Å². The second-order valence-electron chi connectivity index (χ2n) is 5.12. The van der Waals surface area contributed by atoms with E-state index in [9.17, 15) is 9.59 Å². The van der Waals surface area contributed by atoms with Crippen LogP contribution in [0.4, 0.5) is 11.4 Å². The summed E-state index contributed by atoms with van der Waals surface area (Å²) in [6, 6.07) is 5.67. The standard InChI is InChI=1S/C14H18N4O3/c15-13(19)8-18-11-2-1-10(17-5-3-16-4-6-17)7-12(11)21-9-14(18)20/h1-2,7,16H,3-6,8-9H2,(H2,15,19). The van der Waals surface area contributed by atoms with E-state index in [1.54, 1.807) is 0 Å². The van der Waals surface area contributed by atoms with E-state index < -0.39 is 5.91 Å². The molecule has 0 radical (unpaired) electrons. The van der Waals surface area contributed by atoms with Crippen LogP contribution in [-0.4, -0.2) is 51.1 Å². The number of carbonyl (C=O) groups is 2. The number of hydrogen-bond donors (Lipinski definition) is 2. The van der Waals surface area contributed by atoms with E-state index in [0.29, 0.717) is 11.4 Å². The largest absolute Gasteiger partial charge is 0.481 e. The number of nitrogens with zero attached hydrogens (tertiary/aromatic N) is 2. The van der Waals surface area contributed by atoms with Crippen molar-refractivity contribution in [1.82, 2.24) is 5.32 Å². The van der Waals surface area contributed by atoms with Crippen molar-refractivity contribution in [2.45, 2.75) is 0 Å². The highest BCUT2D eigenvalue weighted by molar-refractivity contribution is 6.02. The van der Waals surface area contributed by atoms with Gasteiger partial charge in [0.25, 0.3) is 5.91 Å². The van der Waals surface area contributed by atoms with E-state index in [1.807, 2.05) is 18.2 Å². The summed E-state index contributed by atoms with van der Waals surface area (Å²) < 4.78 is 5.49. The molecule has 1 saturated heterocycles.